The van der Waals surface area contributed by atoms with E-state index in [1.807, 2.05) is 66.7 Å². The zero-order chi connectivity index (χ0) is 15.2. The van der Waals surface area contributed by atoms with Gasteiger partial charge in [0.05, 0.1) is 0 Å². The summed E-state index contributed by atoms with van der Waals surface area (Å²) < 4.78 is 6.84. The quantitative estimate of drug-likeness (QED) is 0.679. The number of nitrogens with one attached hydrogen (secondary N) is 1. The molecule has 3 aromatic rings. The van der Waals surface area contributed by atoms with Gasteiger partial charge in [-0.25, -0.2) is 4.98 Å². The van der Waals surface area contributed by atoms with E-state index < -0.39 is 0 Å². The SMILES string of the molecule is Brc1ccc(Oc2ccc(CNc3ccccn3)cc2)cc1. The van der Waals surface area contributed by atoms with Gasteiger partial charge in [-0.2, -0.15) is 0 Å². The van der Waals surface area contributed by atoms with Crippen molar-refractivity contribution in [2.45, 2.75) is 6.54 Å². The summed E-state index contributed by atoms with van der Waals surface area (Å²) in [5.74, 6) is 2.52. The lowest BCUT2D eigenvalue weighted by Gasteiger charge is -2.08. The molecule has 22 heavy (non-hydrogen) atoms. The van der Waals surface area contributed by atoms with Gasteiger partial charge >= 0.3 is 0 Å². The lowest BCUT2D eigenvalue weighted by atomic mass is 10.2. The molecule has 1 heterocycles. The van der Waals surface area contributed by atoms with Crippen LogP contribution in [0, 0.1) is 0 Å². The van der Waals surface area contributed by atoms with Crippen molar-refractivity contribution in [1.29, 1.82) is 0 Å². The molecule has 1 aromatic heterocycles. The molecule has 0 aliphatic carbocycles. The van der Waals surface area contributed by atoms with E-state index in [1.165, 1.54) is 5.56 Å². The van der Waals surface area contributed by atoms with Crippen molar-refractivity contribution in [2.24, 2.45) is 0 Å². The summed E-state index contributed by atoms with van der Waals surface area (Å²) in [6.45, 7) is 0.732. The highest BCUT2D eigenvalue weighted by Crippen LogP contribution is 2.23. The van der Waals surface area contributed by atoms with E-state index in [1.54, 1.807) is 6.20 Å². The van der Waals surface area contributed by atoms with E-state index in [0.29, 0.717) is 0 Å². The van der Waals surface area contributed by atoms with Gasteiger partial charge < -0.3 is 10.1 Å². The van der Waals surface area contributed by atoms with Crippen LogP contribution in [0.1, 0.15) is 5.56 Å². The van der Waals surface area contributed by atoms with Crippen LogP contribution in [0.25, 0.3) is 0 Å². The van der Waals surface area contributed by atoms with Gasteiger partial charge in [-0.3, -0.25) is 0 Å². The fourth-order valence-corrected chi connectivity index (χ4v) is 2.24. The van der Waals surface area contributed by atoms with Crippen LogP contribution < -0.4 is 10.1 Å². The Morgan fingerprint density at radius 3 is 2.18 bits per heavy atom. The topological polar surface area (TPSA) is 34.1 Å². The Morgan fingerprint density at radius 2 is 1.55 bits per heavy atom. The first kappa shape index (κ1) is 14.6. The van der Waals surface area contributed by atoms with E-state index in [2.05, 4.69) is 26.2 Å². The number of nitrogens with zero attached hydrogens (tertiary/aromatic N) is 1. The van der Waals surface area contributed by atoms with E-state index in [0.717, 1.165) is 28.3 Å². The maximum atomic E-state index is 5.80. The molecule has 3 rings (SSSR count). The zero-order valence-electron chi connectivity index (χ0n) is 11.9. The monoisotopic (exact) mass is 354 g/mol. The van der Waals surface area contributed by atoms with Gasteiger partial charge in [0.2, 0.25) is 0 Å². The summed E-state index contributed by atoms with van der Waals surface area (Å²) in [5, 5.41) is 3.28. The van der Waals surface area contributed by atoms with Gasteiger partial charge in [0, 0.05) is 17.2 Å². The van der Waals surface area contributed by atoms with Crippen LogP contribution >= 0.6 is 15.9 Å². The molecule has 3 nitrogen and oxygen atoms in total. The summed E-state index contributed by atoms with van der Waals surface area (Å²) in [5.41, 5.74) is 1.17. The number of halogens is 1. The van der Waals surface area contributed by atoms with Crippen LogP contribution in [0.5, 0.6) is 11.5 Å². The van der Waals surface area contributed by atoms with Crippen molar-refractivity contribution in [3.63, 3.8) is 0 Å². The van der Waals surface area contributed by atoms with Crippen molar-refractivity contribution in [1.82, 2.24) is 4.98 Å². The maximum Gasteiger partial charge on any atom is 0.127 e. The lowest BCUT2D eigenvalue weighted by Crippen LogP contribution is -2.00. The van der Waals surface area contributed by atoms with Crippen LogP contribution in [-0.4, -0.2) is 4.98 Å². The number of pyridine rings is 1. The fourth-order valence-electron chi connectivity index (χ4n) is 1.97. The van der Waals surface area contributed by atoms with Crippen LogP contribution in [-0.2, 0) is 6.54 Å². The highest BCUT2D eigenvalue weighted by molar-refractivity contribution is 9.10. The van der Waals surface area contributed by atoms with Crippen LogP contribution in [0.3, 0.4) is 0 Å². The zero-order valence-corrected chi connectivity index (χ0v) is 13.5. The lowest BCUT2D eigenvalue weighted by molar-refractivity contribution is 0.482. The van der Waals surface area contributed by atoms with Crippen molar-refractivity contribution in [3.8, 4) is 11.5 Å². The number of hydrogen-bond acceptors (Lipinski definition) is 3. The highest BCUT2D eigenvalue weighted by Gasteiger charge is 1.99. The first-order chi connectivity index (χ1) is 10.8. The standard InChI is InChI=1S/C18H15BrN2O/c19-15-6-10-17(11-7-15)22-16-8-4-14(5-9-16)13-21-18-3-1-2-12-20-18/h1-12H,13H2,(H,20,21). The third kappa shape index (κ3) is 4.09. The molecule has 1 N–H and O–H groups in total. The first-order valence-corrected chi connectivity index (χ1v) is 7.76. The summed E-state index contributed by atoms with van der Waals surface area (Å²) in [7, 11) is 0. The predicted octanol–water partition coefficient (Wildman–Crippen LogP) is 5.25. The van der Waals surface area contributed by atoms with Crippen molar-refractivity contribution in [3.05, 3.63) is 83.0 Å². The molecule has 2 aromatic carbocycles. The largest absolute Gasteiger partial charge is 0.457 e. The minimum Gasteiger partial charge on any atom is -0.457 e. The molecule has 0 unspecified atom stereocenters. The fraction of sp³-hybridized carbons (Fsp3) is 0.0556. The van der Waals surface area contributed by atoms with Gasteiger partial charge in [-0.15, -0.1) is 0 Å². The third-order valence-electron chi connectivity index (χ3n) is 3.11. The first-order valence-electron chi connectivity index (χ1n) is 6.97. The molecule has 0 spiro atoms. The molecule has 0 amide bonds. The molecule has 0 fully saturated rings. The number of hydrogen-bond donors (Lipinski definition) is 1. The molecule has 0 saturated carbocycles. The average Bonchev–Trinajstić information content (AvgIpc) is 2.57. The Balaban J connectivity index is 1.59. The highest BCUT2D eigenvalue weighted by atomic mass is 79.9. The molecule has 0 radical (unpaired) electrons. The molecule has 4 heteroatoms. The van der Waals surface area contributed by atoms with E-state index >= 15 is 0 Å². The second-order valence-corrected chi connectivity index (χ2v) is 5.68. The van der Waals surface area contributed by atoms with E-state index in [4.69, 9.17) is 4.74 Å². The van der Waals surface area contributed by atoms with Gasteiger partial charge in [-0.05, 0) is 54.1 Å². The average molecular weight is 355 g/mol. The molecule has 0 bridgehead atoms. The smallest absolute Gasteiger partial charge is 0.127 e. The number of rotatable bonds is 5. The van der Waals surface area contributed by atoms with Crippen LogP contribution in [0.4, 0.5) is 5.82 Å². The number of aromatic nitrogens is 1. The number of benzene rings is 2. The van der Waals surface area contributed by atoms with E-state index in [9.17, 15) is 0 Å². The second kappa shape index (κ2) is 7.09. The number of ether oxygens (including phenoxy) is 1. The molecular formula is C18H15BrN2O. The minimum absolute atomic E-state index is 0.732. The Bertz CT molecular complexity index is 712. The summed E-state index contributed by atoms with van der Waals surface area (Å²) in [6, 6.07) is 21.6. The Hall–Kier alpha value is -2.33. The van der Waals surface area contributed by atoms with Crippen molar-refractivity contribution >= 4 is 21.7 Å². The summed E-state index contributed by atoms with van der Waals surface area (Å²) in [4.78, 5) is 4.23. The van der Waals surface area contributed by atoms with Gasteiger partial charge in [0.15, 0.2) is 0 Å². The summed E-state index contributed by atoms with van der Waals surface area (Å²) in [6.07, 6.45) is 1.78. The second-order valence-electron chi connectivity index (χ2n) is 4.77. The third-order valence-corrected chi connectivity index (χ3v) is 3.64. The Morgan fingerprint density at radius 1 is 0.864 bits per heavy atom. The Kier molecular flexibility index (Phi) is 4.71. The summed E-state index contributed by atoms with van der Waals surface area (Å²) >= 11 is 3.41. The van der Waals surface area contributed by atoms with Crippen molar-refractivity contribution in [2.75, 3.05) is 5.32 Å². The normalized spacial score (nSPS) is 10.2. The van der Waals surface area contributed by atoms with Gasteiger partial charge in [-0.1, -0.05) is 34.1 Å². The molecule has 0 aliphatic heterocycles. The van der Waals surface area contributed by atoms with Crippen LogP contribution in [0.15, 0.2) is 77.4 Å². The predicted molar refractivity (Wildman–Crippen MR) is 92.2 cm³/mol. The van der Waals surface area contributed by atoms with Gasteiger partial charge in [0.25, 0.3) is 0 Å². The van der Waals surface area contributed by atoms with Gasteiger partial charge in [0.1, 0.15) is 17.3 Å². The van der Waals surface area contributed by atoms with Crippen LogP contribution in [0.2, 0.25) is 0 Å². The van der Waals surface area contributed by atoms with Crippen molar-refractivity contribution < 1.29 is 4.74 Å². The van der Waals surface area contributed by atoms with E-state index in [-0.39, 0.29) is 0 Å². The molecule has 0 atom stereocenters. The molecule has 0 aliphatic rings. The molecular weight excluding hydrogens is 340 g/mol. The molecule has 110 valence electrons. The molecule has 0 saturated heterocycles. The minimum atomic E-state index is 0.732. The Labute approximate surface area is 138 Å². The number of anilines is 1. The maximum absolute atomic E-state index is 5.80.